The number of hydrogen-bond acceptors (Lipinski definition) is 6. The molecule has 156 valence electrons. The van der Waals surface area contributed by atoms with E-state index in [4.69, 9.17) is 4.42 Å². The van der Waals surface area contributed by atoms with Gasteiger partial charge >= 0.3 is 0 Å². The zero-order valence-electron chi connectivity index (χ0n) is 16.7. The van der Waals surface area contributed by atoms with Crippen LogP contribution in [0.15, 0.2) is 65.5 Å². The van der Waals surface area contributed by atoms with Crippen LogP contribution in [0, 0.1) is 0 Å². The van der Waals surface area contributed by atoms with Crippen LogP contribution < -0.4 is 4.90 Å². The molecule has 0 aliphatic carbocycles. The highest BCUT2D eigenvalue weighted by Gasteiger charge is 2.37. The van der Waals surface area contributed by atoms with Gasteiger partial charge in [-0.3, -0.25) is 24.3 Å². The van der Waals surface area contributed by atoms with Crippen molar-refractivity contribution < 1.29 is 18.8 Å². The number of benzene rings is 1. The van der Waals surface area contributed by atoms with Gasteiger partial charge in [-0.05, 0) is 42.5 Å². The minimum Gasteiger partial charge on any atom is -0.467 e. The largest absolute Gasteiger partial charge is 0.467 e. The standard InChI is InChI=1S/C23H20N4O4/c28-21(26-11-9-25(10-12-26)17-5-7-24-8-6-17)16-3-4-19-20(14-16)23(30)27(22(19)29)15-18-2-1-13-31-18/h1-8,13-14H,9-12,15H2. The lowest BCUT2D eigenvalue weighted by molar-refractivity contribution is 0.0631. The van der Waals surface area contributed by atoms with Gasteiger partial charge in [0.1, 0.15) is 5.76 Å². The van der Waals surface area contributed by atoms with Crippen molar-refractivity contribution in [3.63, 3.8) is 0 Å². The smallest absolute Gasteiger partial charge is 0.261 e. The number of pyridine rings is 1. The topological polar surface area (TPSA) is 87.0 Å². The molecule has 3 amide bonds. The highest BCUT2D eigenvalue weighted by molar-refractivity contribution is 6.22. The molecule has 0 unspecified atom stereocenters. The van der Waals surface area contributed by atoms with Gasteiger partial charge in [0, 0.05) is 49.8 Å². The molecule has 1 aromatic carbocycles. The molecule has 0 spiro atoms. The Labute approximate surface area is 178 Å². The first kappa shape index (κ1) is 19.0. The van der Waals surface area contributed by atoms with Crippen LogP contribution in [0.5, 0.6) is 0 Å². The summed E-state index contributed by atoms with van der Waals surface area (Å²) in [5.74, 6) is -0.394. The first-order valence-electron chi connectivity index (χ1n) is 10.1. The van der Waals surface area contributed by atoms with Crippen molar-refractivity contribution in [2.45, 2.75) is 6.54 Å². The Hall–Kier alpha value is -3.94. The Morgan fingerprint density at radius 1 is 0.935 bits per heavy atom. The van der Waals surface area contributed by atoms with Crippen LogP contribution in [-0.2, 0) is 6.54 Å². The molecule has 0 atom stereocenters. The highest BCUT2D eigenvalue weighted by Crippen LogP contribution is 2.26. The molecule has 0 radical (unpaired) electrons. The fourth-order valence-corrected chi connectivity index (χ4v) is 4.03. The second-order valence-corrected chi connectivity index (χ2v) is 7.52. The molecule has 0 N–H and O–H groups in total. The maximum absolute atomic E-state index is 13.0. The number of furan rings is 1. The van der Waals surface area contributed by atoms with Crippen molar-refractivity contribution in [2.24, 2.45) is 0 Å². The van der Waals surface area contributed by atoms with E-state index in [1.54, 1.807) is 41.6 Å². The van der Waals surface area contributed by atoms with E-state index in [9.17, 15) is 14.4 Å². The first-order chi connectivity index (χ1) is 15.1. The van der Waals surface area contributed by atoms with Crippen LogP contribution in [-0.4, -0.2) is 58.7 Å². The fraction of sp³-hybridized carbons (Fsp3) is 0.217. The second kappa shape index (κ2) is 7.71. The van der Waals surface area contributed by atoms with Crippen molar-refractivity contribution in [1.29, 1.82) is 0 Å². The van der Waals surface area contributed by atoms with Crippen molar-refractivity contribution in [3.05, 3.63) is 83.6 Å². The minimum atomic E-state index is -0.409. The number of carbonyl (C=O) groups excluding carboxylic acids is 3. The summed E-state index contributed by atoms with van der Waals surface area (Å²) in [6.07, 6.45) is 5.01. The van der Waals surface area contributed by atoms with E-state index in [0.717, 1.165) is 23.7 Å². The lowest BCUT2D eigenvalue weighted by Crippen LogP contribution is -2.48. The summed E-state index contributed by atoms with van der Waals surface area (Å²) in [5, 5.41) is 0. The molecule has 1 saturated heterocycles. The summed E-state index contributed by atoms with van der Waals surface area (Å²) in [5.41, 5.74) is 2.07. The van der Waals surface area contributed by atoms with Gasteiger partial charge in [0.15, 0.2) is 0 Å². The summed E-state index contributed by atoms with van der Waals surface area (Å²) in [6.45, 7) is 2.66. The maximum atomic E-state index is 13.0. The number of rotatable bonds is 4. The van der Waals surface area contributed by atoms with E-state index in [1.807, 2.05) is 12.1 Å². The number of amides is 3. The SMILES string of the molecule is O=C(c1ccc2c(c1)C(=O)N(Cc1ccco1)C2=O)N1CCN(c2ccncc2)CC1. The number of imide groups is 1. The lowest BCUT2D eigenvalue weighted by Gasteiger charge is -2.36. The second-order valence-electron chi connectivity index (χ2n) is 7.52. The van der Waals surface area contributed by atoms with E-state index < -0.39 is 5.91 Å². The molecule has 4 heterocycles. The van der Waals surface area contributed by atoms with E-state index in [0.29, 0.717) is 30.0 Å². The first-order valence-corrected chi connectivity index (χ1v) is 10.1. The van der Waals surface area contributed by atoms with Gasteiger partial charge < -0.3 is 14.2 Å². The van der Waals surface area contributed by atoms with Gasteiger partial charge in [0.05, 0.1) is 23.9 Å². The van der Waals surface area contributed by atoms with Crippen LogP contribution >= 0.6 is 0 Å². The molecule has 2 aromatic heterocycles. The molecule has 8 nitrogen and oxygen atoms in total. The number of anilines is 1. The van der Waals surface area contributed by atoms with E-state index in [1.165, 1.54) is 12.3 Å². The monoisotopic (exact) mass is 416 g/mol. The Balaban J connectivity index is 1.30. The number of nitrogens with zero attached hydrogens (tertiary/aromatic N) is 4. The van der Waals surface area contributed by atoms with Gasteiger partial charge in [0.2, 0.25) is 0 Å². The quantitative estimate of drug-likeness (QED) is 0.607. The predicted octanol–water partition coefficient (Wildman–Crippen LogP) is 2.43. The third-order valence-corrected chi connectivity index (χ3v) is 5.71. The van der Waals surface area contributed by atoms with Crippen molar-refractivity contribution in [1.82, 2.24) is 14.8 Å². The molecular weight excluding hydrogens is 396 g/mol. The van der Waals surface area contributed by atoms with Crippen LogP contribution in [0.1, 0.15) is 36.8 Å². The summed E-state index contributed by atoms with van der Waals surface area (Å²) >= 11 is 0. The van der Waals surface area contributed by atoms with Gasteiger partial charge in [-0.1, -0.05) is 0 Å². The van der Waals surface area contributed by atoms with E-state index in [-0.39, 0.29) is 23.9 Å². The lowest BCUT2D eigenvalue weighted by atomic mass is 10.0. The van der Waals surface area contributed by atoms with Gasteiger partial charge in [-0.15, -0.1) is 0 Å². The predicted molar refractivity (Wildman–Crippen MR) is 112 cm³/mol. The Morgan fingerprint density at radius 3 is 2.39 bits per heavy atom. The summed E-state index contributed by atoms with van der Waals surface area (Å²) in [7, 11) is 0. The Morgan fingerprint density at radius 2 is 1.68 bits per heavy atom. The van der Waals surface area contributed by atoms with Crippen LogP contribution in [0.4, 0.5) is 5.69 Å². The van der Waals surface area contributed by atoms with Crippen LogP contribution in [0.3, 0.4) is 0 Å². The number of aromatic nitrogens is 1. The van der Waals surface area contributed by atoms with Crippen molar-refractivity contribution >= 4 is 23.4 Å². The zero-order valence-corrected chi connectivity index (χ0v) is 16.7. The molecule has 31 heavy (non-hydrogen) atoms. The molecule has 0 bridgehead atoms. The number of carbonyl (C=O) groups is 3. The fourth-order valence-electron chi connectivity index (χ4n) is 4.03. The van der Waals surface area contributed by atoms with E-state index in [2.05, 4.69) is 9.88 Å². The number of hydrogen-bond donors (Lipinski definition) is 0. The highest BCUT2D eigenvalue weighted by atomic mass is 16.3. The summed E-state index contributed by atoms with van der Waals surface area (Å²) in [6, 6.07) is 12.1. The molecular formula is C23H20N4O4. The molecule has 0 saturated carbocycles. The van der Waals surface area contributed by atoms with Gasteiger partial charge in [-0.25, -0.2) is 0 Å². The van der Waals surface area contributed by atoms with E-state index >= 15 is 0 Å². The van der Waals surface area contributed by atoms with Gasteiger partial charge in [-0.2, -0.15) is 0 Å². The zero-order chi connectivity index (χ0) is 21.4. The molecule has 3 aromatic rings. The number of fused-ring (bicyclic) bond motifs is 1. The average Bonchev–Trinajstić information content (AvgIpc) is 3.42. The molecule has 8 heteroatoms. The summed E-state index contributed by atoms with van der Waals surface area (Å²) in [4.78, 5) is 47.7. The Kier molecular flexibility index (Phi) is 4.74. The number of piperazine rings is 1. The molecule has 2 aliphatic rings. The maximum Gasteiger partial charge on any atom is 0.261 e. The summed E-state index contributed by atoms with van der Waals surface area (Å²) < 4.78 is 5.26. The third kappa shape index (κ3) is 3.46. The third-order valence-electron chi connectivity index (χ3n) is 5.71. The molecule has 1 fully saturated rings. The Bertz CT molecular complexity index is 1140. The average molecular weight is 416 g/mol. The molecule has 5 rings (SSSR count). The van der Waals surface area contributed by atoms with Gasteiger partial charge in [0.25, 0.3) is 17.7 Å². The van der Waals surface area contributed by atoms with Crippen molar-refractivity contribution in [3.8, 4) is 0 Å². The molecule has 2 aliphatic heterocycles. The van der Waals surface area contributed by atoms with Crippen molar-refractivity contribution in [2.75, 3.05) is 31.1 Å². The normalized spacial score (nSPS) is 16.1. The van der Waals surface area contributed by atoms with Crippen LogP contribution in [0.25, 0.3) is 0 Å². The van der Waals surface area contributed by atoms with Crippen LogP contribution in [0.2, 0.25) is 0 Å². The minimum absolute atomic E-state index is 0.0690.